The van der Waals surface area contributed by atoms with Crippen LogP contribution in [0.4, 0.5) is 0 Å². The molecular weight excluding hydrogens is 274 g/mol. The number of hydrogen-bond acceptors (Lipinski definition) is 4. The Hall–Kier alpha value is -1.88. The summed E-state index contributed by atoms with van der Waals surface area (Å²) >= 11 is 1.64. The van der Waals surface area contributed by atoms with E-state index in [9.17, 15) is 4.79 Å². The van der Waals surface area contributed by atoms with Gasteiger partial charge in [0.15, 0.2) is 0 Å². The lowest BCUT2D eigenvalue weighted by atomic mass is 10.2. The first-order valence-corrected chi connectivity index (χ1v) is 7.34. The minimum absolute atomic E-state index is 0.235. The molecule has 1 aromatic heterocycles. The maximum Gasteiger partial charge on any atom is 0.335 e. The summed E-state index contributed by atoms with van der Waals surface area (Å²) in [6.45, 7) is 4.73. The van der Waals surface area contributed by atoms with Gasteiger partial charge in [-0.15, -0.1) is 11.3 Å². The highest BCUT2D eigenvalue weighted by molar-refractivity contribution is 7.09. The molecule has 0 atom stereocenters. The highest BCUT2D eigenvalue weighted by Crippen LogP contribution is 2.19. The second-order valence-corrected chi connectivity index (χ2v) is 5.69. The third-order valence-corrected chi connectivity index (χ3v) is 3.75. The van der Waals surface area contributed by atoms with Crippen molar-refractivity contribution in [2.75, 3.05) is 6.61 Å². The van der Waals surface area contributed by atoms with Crippen molar-refractivity contribution in [2.45, 2.75) is 26.2 Å². The van der Waals surface area contributed by atoms with Crippen LogP contribution in [0.2, 0.25) is 0 Å². The topological polar surface area (TPSA) is 59.4 Å². The second kappa shape index (κ2) is 6.52. The normalized spacial score (nSPS) is 10.8. The molecule has 0 amide bonds. The van der Waals surface area contributed by atoms with Crippen LogP contribution in [0.25, 0.3) is 0 Å². The first-order valence-electron chi connectivity index (χ1n) is 6.46. The summed E-state index contributed by atoms with van der Waals surface area (Å²) in [5.41, 5.74) is 1.34. The summed E-state index contributed by atoms with van der Waals surface area (Å²) in [6.07, 6.45) is 0.731. The van der Waals surface area contributed by atoms with E-state index in [1.54, 1.807) is 29.5 Å². The fourth-order valence-electron chi connectivity index (χ4n) is 1.68. The van der Waals surface area contributed by atoms with Crippen molar-refractivity contribution in [3.63, 3.8) is 0 Å². The standard InChI is InChI=1S/C15H17NO3S/c1-10(2)13-9-20-14(16-13)6-7-19-12-5-3-4-11(8-12)15(17)18/h3-5,8-10H,6-7H2,1-2H3,(H,17,18). The van der Waals surface area contributed by atoms with Crippen LogP contribution in [0.15, 0.2) is 29.6 Å². The molecule has 106 valence electrons. The van der Waals surface area contributed by atoms with Gasteiger partial charge in [-0.1, -0.05) is 19.9 Å². The van der Waals surface area contributed by atoms with E-state index in [1.165, 1.54) is 6.07 Å². The zero-order valence-corrected chi connectivity index (χ0v) is 12.3. The first kappa shape index (κ1) is 14.5. The zero-order valence-electron chi connectivity index (χ0n) is 11.5. The molecule has 4 nitrogen and oxygen atoms in total. The molecule has 0 aliphatic rings. The minimum Gasteiger partial charge on any atom is -0.493 e. The van der Waals surface area contributed by atoms with Gasteiger partial charge in [0.2, 0.25) is 0 Å². The van der Waals surface area contributed by atoms with Crippen LogP contribution in [0.3, 0.4) is 0 Å². The van der Waals surface area contributed by atoms with E-state index in [0.29, 0.717) is 18.3 Å². The molecule has 0 aliphatic heterocycles. The lowest BCUT2D eigenvalue weighted by molar-refractivity contribution is 0.0696. The summed E-state index contributed by atoms with van der Waals surface area (Å²) < 4.78 is 5.57. The molecule has 5 heteroatoms. The Morgan fingerprint density at radius 3 is 2.90 bits per heavy atom. The van der Waals surface area contributed by atoms with Crippen LogP contribution < -0.4 is 4.74 Å². The van der Waals surface area contributed by atoms with Crippen molar-refractivity contribution in [2.24, 2.45) is 0 Å². The summed E-state index contributed by atoms with van der Waals surface area (Å²) in [6, 6.07) is 6.52. The number of benzene rings is 1. The lowest BCUT2D eigenvalue weighted by Gasteiger charge is -2.05. The number of rotatable bonds is 6. The quantitative estimate of drug-likeness (QED) is 0.883. The van der Waals surface area contributed by atoms with Crippen molar-refractivity contribution < 1.29 is 14.6 Å². The van der Waals surface area contributed by atoms with Crippen LogP contribution in [-0.4, -0.2) is 22.7 Å². The molecule has 0 spiro atoms. The van der Waals surface area contributed by atoms with Gasteiger partial charge in [0.1, 0.15) is 5.75 Å². The van der Waals surface area contributed by atoms with E-state index in [-0.39, 0.29) is 5.56 Å². The van der Waals surface area contributed by atoms with Crippen molar-refractivity contribution in [1.29, 1.82) is 0 Å². The number of ether oxygens (including phenoxy) is 1. The second-order valence-electron chi connectivity index (χ2n) is 4.75. The molecule has 0 saturated heterocycles. The van der Waals surface area contributed by atoms with E-state index >= 15 is 0 Å². The van der Waals surface area contributed by atoms with Gasteiger partial charge in [0.25, 0.3) is 0 Å². The van der Waals surface area contributed by atoms with Gasteiger partial charge in [-0.3, -0.25) is 0 Å². The fraction of sp³-hybridized carbons (Fsp3) is 0.333. The molecule has 2 rings (SSSR count). The fourth-order valence-corrected chi connectivity index (χ4v) is 2.62. The van der Waals surface area contributed by atoms with E-state index in [0.717, 1.165) is 17.1 Å². The van der Waals surface area contributed by atoms with E-state index in [4.69, 9.17) is 9.84 Å². The van der Waals surface area contributed by atoms with E-state index in [2.05, 4.69) is 24.2 Å². The van der Waals surface area contributed by atoms with Crippen molar-refractivity contribution >= 4 is 17.3 Å². The number of nitrogens with zero attached hydrogens (tertiary/aromatic N) is 1. The number of carbonyl (C=O) groups is 1. The maximum absolute atomic E-state index is 10.9. The molecule has 0 saturated carbocycles. The van der Waals surface area contributed by atoms with Crippen LogP contribution in [-0.2, 0) is 6.42 Å². The molecule has 0 unspecified atom stereocenters. The summed E-state index contributed by atoms with van der Waals surface area (Å²) in [5.74, 6) is 0.0654. The Labute approximate surface area is 122 Å². The van der Waals surface area contributed by atoms with Crippen molar-refractivity contribution in [3.05, 3.63) is 45.9 Å². The van der Waals surface area contributed by atoms with Gasteiger partial charge in [0.05, 0.1) is 22.9 Å². The van der Waals surface area contributed by atoms with Gasteiger partial charge in [0, 0.05) is 11.8 Å². The SMILES string of the molecule is CC(C)c1csc(CCOc2cccc(C(=O)O)c2)n1. The lowest BCUT2D eigenvalue weighted by Crippen LogP contribution is -2.03. The number of carboxylic acids is 1. The molecule has 1 heterocycles. The average molecular weight is 291 g/mol. The number of carboxylic acid groups (broad SMARTS) is 1. The predicted molar refractivity (Wildman–Crippen MR) is 78.8 cm³/mol. The number of aromatic carboxylic acids is 1. The van der Waals surface area contributed by atoms with Gasteiger partial charge >= 0.3 is 5.97 Å². The third kappa shape index (κ3) is 3.81. The van der Waals surface area contributed by atoms with Gasteiger partial charge in [-0.2, -0.15) is 0 Å². The van der Waals surface area contributed by atoms with Crippen LogP contribution in [0, 0.1) is 0 Å². The zero-order chi connectivity index (χ0) is 14.5. The van der Waals surface area contributed by atoms with Crippen LogP contribution in [0.5, 0.6) is 5.75 Å². The highest BCUT2D eigenvalue weighted by atomic mass is 32.1. The van der Waals surface area contributed by atoms with E-state index < -0.39 is 5.97 Å². The van der Waals surface area contributed by atoms with Crippen LogP contribution in [0.1, 0.15) is 40.8 Å². The van der Waals surface area contributed by atoms with E-state index in [1.807, 2.05) is 0 Å². The Bertz CT molecular complexity index is 592. The molecule has 1 aromatic carbocycles. The monoisotopic (exact) mass is 291 g/mol. The molecular formula is C15H17NO3S. The molecule has 0 aliphatic carbocycles. The molecule has 0 radical (unpaired) electrons. The number of thiazole rings is 1. The van der Waals surface area contributed by atoms with Crippen molar-refractivity contribution in [1.82, 2.24) is 4.98 Å². The Morgan fingerprint density at radius 1 is 1.45 bits per heavy atom. The van der Waals surface area contributed by atoms with Gasteiger partial charge in [-0.05, 0) is 24.1 Å². The van der Waals surface area contributed by atoms with Crippen molar-refractivity contribution in [3.8, 4) is 5.75 Å². The Balaban J connectivity index is 1.89. The first-order chi connectivity index (χ1) is 9.56. The third-order valence-electron chi connectivity index (χ3n) is 2.83. The summed E-state index contributed by atoms with van der Waals surface area (Å²) in [7, 11) is 0. The smallest absolute Gasteiger partial charge is 0.335 e. The Kier molecular flexibility index (Phi) is 4.74. The average Bonchev–Trinajstić information content (AvgIpc) is 2.88. The van der Waals surface area contributed by atoms with Crippen LogP contribution >= 0.6 is 11.3 Å². The largest absolute Gasteiger partial charge is 0.493 e. The predicted octanol–water partition coefficient (Wildman–Crippen LogP) is 3.59. The molecule has 2 aromatic rings. The number of aromatic nitrogens is 1. The summed E-state index contributed by atoms with van der Waals surface area (Å²) in [5, 5.41) is 12.0. The minimum atomic E-state index is -0.947. The molecule has 0 bridgehead atoms. The summed E-state index contributed by atoms with van der Waals surface area (Å²) in [4.78, 5) is 15.4. The van der Waals surface area contributed by atoms with Gasteiger partial charge in [-0.25, -0.2) is 9.78 Å². The maximum atomic E-state index is 10.9. The molecule has 1 N–H and O–H groups in total. The molecule has 0 fully saturated rings. The van der Waals surface area contributed by atoms with Gasteiger partial charge < -0.3 is 9.84 Å². The Morgan fingerprint density at radius 2 is 2.25 bits per heavy atom. The highest BCUT2D eigenvalue weighted by Gasteiger charge is 2.07. The molecule has 20 heavy (non-hydrogen) atoms. The number of hydrogen-bond donors (Lipinski definition) is 1.